The first-order valence-electron chi connectivity index (χ1n) is 5.96. The maximum absolute atomic E-state index is 5.59. The zero-order chi connectivity index (χ0) is 13.2. The molecular formula is C14H14N2O2S. The van der Waals surface area contributed by atoms with Crippen molar-refractivity contribution in [1.29, 1.82) is 0 Å². The second-order valence-electron chi connectivity index (χ2n) is 4.25. The van der Waals surface area contributed by atoms with Crippen LogP contribution in [-0.2, 0) is 11.3 Å². The number of fused-ring (bicyclic) bond motifs is 1. The van der Waals surface area contributed by atoms with E-state index in [2.05, 4.69) is 23.3 Å². The number of aliphatic imine (C=N–C) groups is 1. The van der Waals surface area contributed by atoms with E-state index in [1.165, 1.54) is 4.88 Å². The van der Waals surface area contributed by atoms with E-state index in [9.17, 15) is 0 Å². The summed E-state index contributed by atoms with van der Waals surface area (Å²) in [5.41, 5.74) is 2.08. The first-order chi connectivity index (χ1) is 9.24. The van der Waals surface area contributed by atoms with Crippen LogP contribution in [0, 0.1) is 6.92 Å². The lowest BCUT2D eigenvalue weighted by Crippen LogP contribution is -2.18. The number of hydrogen-bond donors (Lipinski definition) is 1. The molecule has 2 aromatic rings. The maximum atomic E-state index is 5.59. The summed E-state index contributed by atoms with van der Waals surface area (Å²) in [7, 11) is 1.65. The van der Waals surface area contributed by atoms with Gasteiger partial charge in [-0.15, -0.1) is 11.3 Å². The molecule has 98 valence electrons. The zero-order valence-electron chi connectivity index (χ0n) is 10.8. The van der Waals surface area contributed by atoms with Crippen molar-refractivity contribution in [3.63, 3.8) is 0 Å². The molecule has 1 aliphatic heterocycles. The topological polar surface area (TPSA) is 42.8 Å². The Hall–Kier alpha value is -2.01. The van der Waals surface area contributed by atoms with Gasteiger partial charge in [-0.3, -0.25) is 0 Å². The largest absolute Gasteiger partial charge is 0.497 e. The second-order valence-corrected chi connectivity index (χ2v) is 5.48. The third-order valence-electron chi connectivity index (χ3n) is 2.82. The maximum Gasteiger partial charge on any atom is 0.295 e. The number of aryl methyl sites for hydroxylation is 1. The number of methoxy groups -OCH3 is 1. The summed E-state index contributed by atoms with van der Waals surface area (Å²) < 4.78 is 10.7. The number of nitrogens with one attached hydrogen (secondary N) is 1. The minimum absolute atomic E-state index is 0.541. The lowest BCUT2D eigenvalue weighted by Gasteiger charge is -2.15. The van der Waals surface area contributed by atoms with E-state index in [1.807, 2.05) is 24.3 Å². The summed E-state index contributed by atoms with van der Waals surface area (Å²) in [5.74, 6) is 0.827. The first-order valence-corrected chi connectivity index (χ1v) is 6.78. The normalized spacial score (nSPS) is 13.3. The van der Waals surface area contributed by atoms with Gasteiger partial charge in [0.25, 0.3) is 6.02 Å². The Kier molecular flexibility index (Phi) is 3.13. The van der Waals surface area contributed by atoms with Gasteiger partial charge in [-0.2, -0.15) is 4.99 Å². The van der Waals surface area contributed by atoms with Crippen LogP contribution in [0.3, 0.4) is 0 Å². The highest BCUT2D eigenvalue weighted by Crippen LogP contribution is 2.33. The average Bonchev–Trinajstić information content (AvgIpc) is 2.79. The molecule has 0 atom stereocenters. The lowest BCUT2D eigenvalue weighted by molar-refractivity contribution is 0.287. The number of ether oxygens (including phenoxy) is 2. The van der Waals surface area contributed by atoms with Gasteiger partial charge in [0.2, 0.25) is 0 Å². The quantitative estimate of drug-likeness (QED) is 0.908. The fourth-order valence-electron chi connectivity index (χ4n) is 1.89. The number of anilines is 1. The minimum atomic E-state index is 0.541. The van der Waals surface area contributed by atoms with Crippen molar-refractivity contribution in [2.24, 2.45) is 4.99 Å². The molecule has 0 saturated heterocycles. The van der Waals surface area contributed by atoms with E-state index in [-0.39, 0.29) is 0 Å². The molecule has 2 heterocycles. The zero-order valence-corrected chi connectivity index (χ0v) is 11.6. The van der Waals surface area contributed by atoms with Crippen molar-refractivity contribution in [3.8, 4) is 5.75 Å². The number of rotatable bonds is 2. The molecule has 0 fully saturated rings. The van der Waals surface area contributed by atoms with Crippen LogP contribution >= 0.6 is 11.3 Å². The minimum Gasteiger partial charge on any atom is -0.497 e. The van der Waals surface area contributed by atoms with Gasteiger partial charge in [0.05, 0.1) is 7.11 Å². The van der Waals surface area contributed by atoms with Gasteiger partial charge in [0, 0.05) is 16.1 Å². The van der Waals surface area contributed by atoms with E-state index in [4.69, 9.17) is 9.47 Å². The predicted octanol–water partition coefficient (Wildman–Crippen LogP) is 3.69. The smallest absolute Gasteiger partial charge is 0.295 e. The molecule has 4 nitrogen and oxygen atoms in total. The van der Waals surface area contributed by atoms with Crippen LogP contribution in [-0.4, -0.2) is 13.1 Å². The molecule has 19 heavy (non-hydrogen) atoms. The van der Waals surface area contributed by atoms with Crippen molar-refractivity contribution in [2.45, 2.75) is 13.5 Å². The highest BCUT2D eigenvalue weighted by Gasteiger charge is 2.15. The van der Waals surface area contributed by atoms with Crippen LogP contribution in [0.2, 0.25) is 0 Å². The van der Waals surface area contributed by atoms with Crippen LogP contribution in [0.4, 0.5) is 10.7 Å². The number of benzene rings is 1. The van der Waals surface area contributed by atoms with Crippen LogP contribution in [0.15, 0.2) is 35.3 Å². The summed E-state index contributed by atoms with van der Waals surface area (Å²) in [4.78, 5) is 5.73. The lowest BCUT2D eigenvalue weighted by atomic mass is 10.3. The average molecular weight is 274 g/mol. The Bertz CT molecular complexity index is 617. The van der Waals surface area contributed by atoms with Gasteiger partial charge in [-0.25, -0.2) is 0 Å². The molecule has 1 N–H and O–H groups in total. The summed E-state index contributed by atoms with van der Waals surface area (Å²) in [6, 6.07) is 10.3. The Morgan fingerprint density at radius 1 is 1.32 bits per heavy atom. The third kappa shape index (κ3) is 2.56. The Balaban J connectivity index is 1.78. The SMILES string of the molecule is COc1ccc(NC2=Nc3sc(C)cc3CO2)cc1. The summed E-state index contributed by atoms with van der Waals surface area (Å²) in [5, 5.41) is 4.19. The van der Waals surface area contributed by atoms with Gasteiger partial charge >= 0.3 is 0 Å². The molecule has 1 aliphatic rings. The van der Waals surface area contributed by atoms with Crippen LogP contribution < -0.4 is 10.1 Å². The molecule has 3 rings (SSSR count). The van der Waals surface area contributed by atoms with E-state index in [0.717, 1.165) is 22.0 Å². The standard InChI is InChI=1S/C14H14N2O2S/c1-9-7-10-8-18-14(16-13(10)19-9)15-11-3-5-12(17-2)6-4-11/h3-7H,8H2,1-2H3,(H,15,16). The third-order valence-corrected chi connectivity index (χ3v) is 3.81. The van der Waals surface area contributed by atoms with E-state index < -0.39 is 0 Å². The van der Waals surface area contributed by atoms with Gasteiger partial charge in [0.1, 0.15) is 17.4 Å². The van der Waals surface area contributed by atoms with E-state index >= 15 is 0 Å². The van der Waals surface area contributed by atoms with Crippen molar-refractivity contribution >= 4 is 28.0 Å². The van der Waals surface area contributed by atoms with Crippen LogP contribution in [0.5, 0.6) is 5.75 Å². The number of nitrogens with zero attached hydrogens (tertiary/aromatic N) is 1. The molecule has 0 saturated carbocycles. The van der Waals surface area contributed by atoms with Gasteiger partial charge < -0.3 is 14.8 Å². The second kappa shape index (κ2) is 4.93. The molecule has 5 heteroatoms. The highest BCUT2D eigenvalue weighted by molar-refractivity contribution is 7.16. The Morgan fingerprint density at radius 3 is 2.84 bits per heavy atom. The highest BCUT2D eigenvalue weighted by atomic mass is 32.1. The fraction of sp³-hybridized carbons (Fsp3) is 0.214. The van der Waals surface area contributed by atoms with Gasteiger partial charge in [-0.05, 0) is 37.3 Å². The van der Waals surface area contributed by atoms with Crippen molar-refractivity contribution in [1.82, 2.24) is 0 Å². The number of amidine groups is 1. The molecule has 0 aliphatic carbocycles. The Labute approximate surface area is 115 Å². The van der Waals surface area contributed by atoms with E-state index in [0.29, 0.717) is 12.6 Å². The van der Waals surface area contributed by atoms with Crippen molar-refractivity contribution in [2.75, 3.05) is 12.4 Å². The van der Waals surface area contributed by atoms with Crippen molar-refractivity contribution in [3.05, 3.63) is 40.8 Å². The van der Waals surface area contributed by atoms with Gasteiger partial charge in [0.15, 0.2) is 0 Å². The molecule has 0 amide bonds. The summed E-state index contributed by atoms with van der Waals surface area (Å²) >= 11 is 1.68. The van der Waals surface area contributed by atoms with E-state index in [1.54, 1.807) is 18.4 Å². The molecule has 0 spiro atoms. The number of hydrogen-bond acceptors (Lipinski definition) is 5. The van der Waals surface area contributed by atoms with Crippen LogP contribution in [0.25, 0.3) is 0 Å². The monoisotopic (exact) mass is 274 g/mol. The fourth-order valence-corrected chi connectivity index (χ4v) is 2.77. The summed E-state index contributed by atoms with van der Waals surface area (Å²) in [6.07, 6.45) is 0. The predicted molar refractivity (Wildman–Crippen MR) is 77.6 cm³/mol. The number of thiophene rings is 1. The van der Waals surface area contributed by atoms with Gasteiger partial charge in [-0.1, -0.05) is 0 Å². The first kappa shape index (κ1) is 12.0. The molecule has 0 bridgehead atoms. The molecule has 0 unspecified atom stereocenters. The van der Waals surface area contributed by atoms with Crippen molar-refractivity contribution < 1.29 is 9.47 Å². The molecular weight excluding hydrogens is 260 g/mol. The molecule has 1 aromatic carbocycles. The molecule has 1 aromatic heterocycles. The Morgan fingerprint density at radius 2 is 2.11 bits per heavy atom. The molecule has 0 radical (unpaired) electrons. The van der Waals surface area contributed by atoms with Crippen LogP contribution in [0.1, 0.15) is 10.4 Å². The summed E-state index contributed by atoms with van der Waals surface area (Å²) in [6.45, 7) is 2.65.